The van der Waals surface area contributed by atoms with E-state index in [2.05, 4.69) is 17.2 Å². The molecule has 8 heteroatoms. The zero-order valence-corrected chi connectivity index (χ0v) is 19.4. The van der Waals surface area contributed by atoms with Crippen LogP contribution < -0.4 is 10.9 Å². The van der Waals surface area contributed by atoms with Crippen molar-refractivity contribution in [2.24, 2.45) is 0 Å². The summed E-state index contributed by atoms with van der Waals surface area (Å²) in [6, 6.07) is 15.1. The minimum atomic E-state index is -0.220. The molecule has 1 fully saturated rings. The standard InChI is InChI=1S/C24H24N4O2S2/c1-2-3-8-13-25-21-18(22(29)27-14-9-7-12-20(27)26-21)15-19-23(30)28(24(31)32-19)16-17-10-5-4-6-11-17/h4-7,9-12,14-15,25H,2-3,8,13,16H2,1H3/b19-15+. The maximum atomic E-state index is 13.3. The average Bonchev–Trinajstić information content (AvgIpc) is 3.07. The van der Waals surface area contributed by atoms with E-state index in [9.17, 15) is 9.59 Å². The van der Waals surface area contributed by atoms with Crippen molar-refractivity contribution in [1.29, 1.82) is 0 Å². The van der Waals surface area contributed by atoms with Gasteiger partial charge in [0.1, 0.15) is 15.8 Å². The molecule has 0 aliphatic carbocycles. The van der Waals surface area contributed by atoms with Gasteiger partial charge in [-0.3, -0.25) is 18.9 Å². The van der Waals surface area contributed by atoms with Gasteiger partial charge in [-0.25, -0.2) is 4.98 Å². The van der Waals surface area contributed by atoms with Gasteiger partial charge in [-0.2, -0.15) is 0 Å². The van der Waals surface area contributed by atoms with Crippen molar-refractivity contribution in [3.05, 3.63) is 81.1 Å². The number of nitrogens with zero attached hydrogens (tertiary/aromatic N) is 3. The SMILES string of the molecule is CCCCCNc1nc2ccccn2c(=O)c1/C=C1/SC(=S)N(Cc2ccccc2)C1=O. The molecule has 0 atom stereocenters. The number of amides is 1. The second-order valence-electron chi connectivity index (χ2n) is 7.50. The first kappa shape index (κ1) is 22.2. The summed E-state index contributed by atoms with van der Waals surface area (Å²) in [5.41, 5.74) is 1.70. The van der Waals surface area contributed by atoms with Gasteiger partial charge >= 0.3 is 0 Å². The molecule has 164 valence electrons. The molecule has 0 saturated carbocycles. The number of fused-ring (bicyclic) bond motifs is 1. The molecule has 0 spiro atoms. The van der Waals surface area contributed by atoms with Crippen LogP contribution in [0.2, 0.25) is 0 Å². The van der Waals surface area contributed by atoms with Crippen molar-refractivity contribution in [3.8, 4) is 0 Å². The van der Waals surface area contributed by atoms with Crippen molar-refractivity contribution in [2.45, 2.75) is 32.7 Å². The quantitative estimate of drug-likeness (QED) is 0.296. The number of anilines is 1. The van der Waals surface area contributed by atoms with Crippen LogP contribution in [0.3, 0.4) is 0 Å². The van der Waals surface area contributed by atoms with Crippen LogP contribution in [0.5, 0.6) is 0 Å². The molecular formula is C24H24N4O2S2. The van der Waals surface area contributed by atoms with Crippen LogP contribution in [0.4, 0.5) is 5.82 Å². The van der Waals surface area contributed by atoms with Crippen molar-refractivity contribution in [3.63, 3.8) is 0 Å². The predicted molar refractivity (Wildman–Crippen MR) is 135 cm³/mol. The van der Waals surface area contributed by atoms with Gasteiger partial charge < -0.3 is 5.32 Å². The Labute approximate surface area is 196 Å². The fourth-order valence-corrected chi connectivity index (χ4v) is 4.72. The number of benzene rings is 1. The largest absolute Gasteiger partial charge is 0.369 e. The third kappa shape index (κ3) is 4.76. The maximum absolute atomic E-state index is 13.3. The fourth-order valence-electron chi connectivity index (χ4n) is 3.48. The minimum Gasteiger partial charge on any atom is -0.369 e. The van der Waals surface area contributed by atoms with Gasteiger partial charge in [-0.1, -0.05) is 80.1 Å². The molecule has 4 rings (SSSR count). The summed E-state index contributed by atoms with van der Waals surface area (Å²) >= 11 is 6.68. The number of pyridine rings is 1. The number of thiocarbonyl (C=S) groups is 1. The first-order valence-electron chi connectivity index (χ1n) is 10.6. The first-order chi connectivity index (χ1) is 15.6. The highest BCUT2D eigenvalue weighted by Crippen LogP contribution is 2.34. The lowest BCUT2D eigenvalue weighted by molar-refractivity contribution is -0.122. The second kappa shape index (κ2) is 10.1. The molecular weight excluding hydrogens is 440 g/mol. The molecule has 32 heavy (non-hydrogen) atoms. The van der Waals surface area contributed by atoms with E-state index in [1.165, 1.54) is 16.2 Å². The molecule has 0 bridgehead atoms. The van der Waals surface area contributed by atoms with Crippen LogP contribution in [0.15, 0.2) is 64.4 Å². The molecule has 0 unspecified atom stereocenters. The van der Waals surface area contributed by atoms with E-state index in [0.717, 1.165) is 24.8 Å². The summed E-state index contributed by atoms with van der Waals surface area (Å²) in [6.45, 7) is 3.25. The zero-order valence-electron chi connectivity index (χ0n) is 17.8. The topological polar surface area (TPSA) is 66.7 Å². The van der Waals surface area contributed by atoms with Crippen LogP contribution in [0.25, 0.3) is 11.7 Å². The summed E-state index contributed by atoms with van der Waals surface area (Å²) < 4.78 is 1.98. The number of rotatable bonds is 8. The van der Waals surface area contributed by atoms with Gasteiger partial charge in [0.05, 0.1) is 17.0 Å². The number of carbonyl (C=O) groups excluding carboxylic acids is 1. The summed E-state index contributed by atoms with van der Waals surface area (Å²) in [5.74, 6) is 0.295. The Morgan fingerprint density at radius 3 is 2.66 bits per heavy atom. The van der Waals surface area contributed by atoms with Crippen LogP contribution in [-0.4, -0.2) is 31.1 Å². The summed E-state index contributed by atoms with van der Waals surface area (Å²) in [7, 11) is 0. The number of nitrogens with one attached hydrogen (secondary N) is 1. The number of aromatic nitrogens is 2. The molecule has 3 aromatic rings. The van der Waals surface area contributed by atoms with E-state index < -0.39 is 0 Å². The van der Waals surface area contributed by atoms with Gasteiger partial charge in [0.25, 0.3) is 11.5 Å². The number of hydrogen-bond acceptors (Lipinski definition) is 6. The normalized spacial score (nSPS) is 15.2. The van der Waals surface area contributed by atoms with Gasteiger partial charge in [-0.05, 0) is 30.2 Å². The van der Waals surface area contributed by atoms with Crippen molar-refractivity contribution in [2.75, 3.05) is 11.9 Å². The van der Waals surface area contributed by atoms with Crippen LogP contribution in [0.1, 0.15) is 37.3 Å². The Hall–Kier alpha value is -2.97. The highest BCUT2D eigenvalue weighted by molar-refractivity contribution is 8.26. The smallest absolute Gasteiger partial charge is 0.267 e. The molecule has 0 radical (unpaired) electrons. The summed E-state index contributed by atoms with van der Waals surface area (Å²) in [6.07, 6.45) is 6.48. The molecule has 6 nitrogen and oxygen atoms in total. The first-order valence-corrected chi connectivity index (χ1v) is 11.9. The fraction of sp³-hybridized carbons (Fsp3) is 0.250. The lowest BCUT2D eigenvalue weighted by Crippen LogP contribution is -2.27. The zero-order chi connectivity index (χ0) is 22.5. The van der Waals surface area contributed by atoms with E-state index in [1.54, 1.807) is 29.3 Å². The monoisotopic (exact) mass is 464 g/mol. The van der Waals surface area contributed by atoms with E-state index in [0.29, 0.717) is 39.3 Å². The second-order valence-corrected chi connectivity index (χ2v) is 9.17. The average molecular weight is 465 g/mol. The summed E-state index contributed by atoms with van der Waals surface area (Å²) in [4.78, 5) is 33.0. The van der Waals surface area contributed by atoms with Gasteiger partial charge in [-0.15, -0.1) is 0 Å². The van der Waals surface area contributed by atoms with Crippen LogP contribution in [0, 0.1) is 0 Å². The Balaban J connectivity index is 1.68. The van der Waals surface area contributed by atoms with E-state index in [1.807, 2.05) is 36.4 Å². The Morgan fingerprint density at radius 2 is 1.88 bits per heavy atom. The third-order valence-corrected chi connectivity index (χ3v) is 6.55. The molecule has 1 saturated heterocycles. The molecule has 1 N–H and O–H groups in total. The van der Waals surface area contributed by atoms with E-state index in [-0.39, 0.29) is 11.5 Å². The number of carbonyl (C=O) groups is 1. The maximum Gasteiger partial charge on any atom is 0.267 e. The third-order valence-electron chi connectivity index (χ3n) is 5.17. The molecule has 1 aliphatic rings. The van der Waals surface area contributed by atoms with Crippen LogP contribution in [-0.2, 0) is 11.3 Å². The Morgan fingerprint density at radius 1 is 1.09 bits per heavy atom. The van der Waals surface area contributed by atoms with Gasteiger partial charge in [0, 0.05) is 12.7 Å². The molecule has 1 amide bonds. The molecule has 1 aliphatic heterocycles. The minimum absolute atomic E-state index is 0.196. The lowest BCUT2D eigenvalue weighted by atomic mass is 10.2. The highest BCUT2D eigenvalue weighted by Gasteiger charge is 2.32. The molecule has 3 heterocycles. The van der Waals surface area contributed by atoms with E-state index >= 15 is 0 Å². The number of thioether (sulfide) groups is 1. The Bertz CT molecular complexity index is 1240. The highest BCUT2D eigenvalue weighted by atomic mass is 32.2. The predicted octanol–water partition coefficient (Wildman–Crippen LogP) is 4.70. The number of unbranched alkanes of at least 4 members (excludes halogenated alkanes) is 2. The van der Waals surface area contributed by atoms with Gasteiger partial charge in [0.2, 0.25) is 0 Å². The molecule has 1 aromatic carbocycles. The van der Waals surface area contributed by atoms with Crippen molar-refractivity contribution >= 4 is 51.7 Å². The van der Waals surface area contributed by atoms with Crippen molar-refractivity contribution < 1.29 is 4.79 Å². The van der Waals surface area contributed by atoms with E-state index in [4.69, 9.17) is 12.2 Å². The Kier molecular flexibility index (Phi) is 7.02. The number of hydrogen-bond donors (Lipinski definition) is 1. The van der Waals surface area contributed by atoms with Gasteiger partial charge in [0.15, 0.2) is 0 Å². The lowest BCUT2D eigenvalue weighted by Gasteiger charge is -2.14. The van der Waals surface area contributed by atoms with Crippen LogP contribution >= 0.6 is 24.0 Å². The summed E-state index contributed by atoms with van der Waals surface area (Å²) in [5, 5.41) is 3.30. The van der Waals surface area contributed by atoms with Crippen molar-refractivity contribution in [1.82, 2.24) is 14.3 Å². The molecule has 2 aromatic heterocycles.